The molecule has 0 radical (unpaired) electrons. The minimum Gasteiger partial charge on any atom is -0.495 e. The third-order valence-electron chi connectivity index (χ3n) is 6.19. The molecule has 3 rings (SSSR count). The van der Waals surface area contributed by atoms with Gasteiger partial charge in [0.25, 0.3) is 0 Å². The van der Waals surface area contributed by atoms with E-state index in [2.05, 4.69) is 14.9 Å². The van der Waals surface area contributed by atoms with Crippen molar-refractivity contribution in [2.75, 3.05) is 32.1 Å². The minimum absolute atomic E-state index is 0.0846. The van der Waals surface area contributed by atoms with Crippen molar-refractivity contribution in [2.24, 2.45) is 0 Å². The highest BCUT2D eigenvalue weighted by atomic mass is 32.2. The van der Waals surface area contributed by atoms with Gasteiger partial charge in [0.1, 0.15) is 5.75 Å². The highest BCUT2D eigenvalue weighted by molar-refractivity contribution is 7.89. The van der Waals surface area contributed by atoms with Crippen LogP contribution in [0.25, 0.3) is 0 Å². The van der Waals surface area contributed by atoms with Gasteiger partial charge in [-0.2, -0.15) is 0 Å². The summed E-state index contributed by atoms with van der Waals surface area (Å²) in [7, 11) is -2.22. The molecule has 7 nitrogen and oxygen atoms in total. The number of hydrogen-bond acceptors (Lipinski definition) is 5. The number of likely N-dealkylation sites (tertiary alicyclic amines) is 1. The van der Waals surface area contributed by atoms with E-state index in [-0.39, 0.29) is 16.3 Å². The number of carbonyl (C=O) groups is 1. The molecule has 0 unspecified atom stereocenters. The highest BCUT2D eigenvalue weighted by Crippen LogP contribution is 2.35. The number of anilines is 1. The molecule has 2 aliphatic rings. The lowest BCUT2D eigenvalue weighted by molar-refractivity contribution is -0.114. The Morgan fingerprint density at radius 3 is 2.38 bits per heavy atom. The fraction of sp³-hybridized carbons (Fsp3) is 0.667. The number of methoxy groups -OCH3 is 1. The molecule has 0 atom stereocenters. The number of hydrogen-bond donors (Lipinski definition) is 2. The maximum atomic E-state index is 13.1. The van der Waals surface area contributed by atoms with Gasteiger partial charge in [-0.3, -0.25) is 9.69 Å². The number of nitrogens with one attached hydrogen (secondary N) is 2. The largest absolute Gasteiger partial charge is 0.495 e. The van der Waals surface area contributed by atoms with Crippen LogP contribution in [0.15, 0.2) is 23.1 Å². The van der Waals surface area contributed by atoms with E-state index in [9.17, 15) is 13.2 Å². The van der Waals surface area contributed by atoms with Crippen molar-refractivity contribution < 1.29 is 17.9 Å². The van der Waals surface area contributed by atoms with Gasteiger partial charge in [0, 0.05) is 19.0 Å². The molecule has 8 heteroatoms. The summed E-state index contributed by atoms with van der Waals surface area (Å²) in [6.07, 6.45) is 9.22. The van der Waals surface area contributed by atoms with Crippen molar-refractivity contribution in [3.8, 4) is 5.75 Å². The Morgan fingerprint density at radius 1 is 1.10 bits per heavy atom. The van der Waals surface area contributed by atoms with Crippen LogP contribution in [-0.2, 0) is 14.8 Å². The Bertz CT molecular complexity index is 813. The zero-order valence-electron chi connectivity index (χ0n) is 17.5. The number of amides is 1. The molecule has 1 aromatic carbocycles. The first-order valence-corrected chi connectivity index (χ1v) is 12.0. The Kier molecular flexibility index (Phi) is 7.19. The molecule has 1 aliphatic carbocycles. The molecule has 1 aliphatic heterocycles. The number of benzene rings is 1. The molecule has 29 heavy (non-hydrogen) atoms. The first kappa shape index (κ1) is 22.1. The molecular weight excluding hydrogens is 390 g/mol. The fourth-order valence-electron chi connectivity index (χ4n) is 4.64. The van der Waals surface area contributed by atoms with Gasteiger partial charge in [-0.1, -0.05) is 25.7 Å². The van der Waals surface area contributed by atoms with Gasteiger partial charge in [-0.05, 0) is 57.0 Å². The SMILES string of the molecule is COc1ccc(S(=O)(=O)NCC2(N3CCCCC3)CCCCC2)cc1NC(C)=O. The van der Waals surface area contributed by atoms with Gasteiger partial charge in [0.2, 0.25) is 15.9 Å². The number of ether oxygens (including phenoxy) is 1. The maximum Gasteiger partial charge on any atom is 0.240 e. The van der Waals surface area contributed by atoms with E-state index < -0.39 is 10.0 Å². The molecule has 1 saturated heterocycles. The summed E-state index contributed by atoms with van der Waals surface area (Å²) in [6, 6.07) is 4.54. The summed E-state index contributed by atoms with van der Waals surface area (Å²) in [5, 5.41) is 2.64. The van der Waals surface area contributed by atoms with Crippen LogP contribution in [0.1, 0.15) is 58.3 Å². The average Bonchev–Trinajstić information content (AvgIpc) is 2.73. The smallest absolute Gasteiger partial charge is 0.240 e. The number of piperidine rings is 1. The van der Waals surface area contributed by atoms with Crippen LogP contribution in [-0.4, -0.2) is 51.5 Å². The quantitative estimate of drug-likeness (QED) is 0.704. The third-order valence-corrected chi connectivity index (χ3v) is 7.59. The highest BCUT2D eigenvalue weighted by Gasteiger charge is 2.39. The predicted octanol–water partition coefficient (Wildman–Crippen LogP) is 3.12. The molecule has 0 spiro atoms. The van der Waals surface area contributed by atoms with Crippen molar-refractivity contribution in [2.45, 2.75) is 68.7 Å². The Balaban J connectivity index is 1.79. The van der Waals surface area contributed by atoms with Crippen LogP contribution in [0.2, 0.25) is 0 Å². The van der Waals surface area contributed by atoms with E-state index in [4.69, 9.17) is 4.74 Å². The van der Waals surface area contributed by atoms with E-state index in [0.717, 1.165) is 38.8 Å². The average molecular weight is 424 g/mol. The first-order valence-electron chi connectivity index (χ1n) is 10.6. The fourth-order valence-corrected chi connectivity index (χ4v) is 5.78. The van der Waals surface area contributed by atoms with Crippen molar-refractivity contribution >= 4 is 21.6 Å². The summed E-state index contributed by atoms with van der Waals surface area (Å²) in [6.45, 7) is 3.91. The lowest BCUT2D eigenvalue weighted by Gasteiger charge is -2.48. The van der Waals surface area contributed by atoms with E-state index in [1.165, 1.54) is 51.8 Å². The topological polar surface area (TPSA) is 87.7 Å². The van der Waals surface area contributed by atoms with E-state index in [1.807, 2.05) is 0 Å². The number of carbonyl (C=O) groups excluding carboxylic acids is 1. The van der Waals surface area contributed by atoms with E-state index >= 15 is 0 Å². The molecule has 1 saturated carbocycles. The molecule has 1 amide bonds. The van der Waals surface area contributed by atoms with Crippen LogP contribution < -0.4 is 14.8 Å². The molecule has 0 aromatic heterocycles. The number of nitrogens with zero attached hydrogens (tertiary/aromatic N) is 1. The Morgan fingerprint density at radius 2 is 1.76 bits per heavy atom. The van der Waals surface area contributed by atoms with Crippen LogP contribution in [0.4, 0.5) is 5.69 Å². The van der Waals surface area contributed by atoms with Gasteiger partial charge in [0.15, 0.2) is 0 Å². The van der Waals surface area contributed by atoms with Crippen LogP contribution in [0.3, 0.4) is 0 Å². The molecule has 1 heterocycles. The normalized spacial score (nSPS) is 20.2. The predicted molar refractivity (Wildman–Crippen MR) is 114 cm³/mol. The lowest BCUT2D eigenvalue weighted by Crippen LogP contribution is -2.58. The van der Waals surface area contributed by atoms with Crippen LogP contribution in [0.5, 0.6) is 5.75 Å². The Hall–Kier alpha value is -1.64. The van der Waals surface area contributed by atoms with Gasteiger partial charge < -0.3 is 10.1 Å². The number of rotatable bonds is 7. The molecule has 162 valence electrons. The monoisotopic (exact) mass is 423 g/mol. The lowest BCUT2D eigenvalue weighted by atomic mass is 9.79. The second kappa shape index (κ2) is 9.45. The van der Waals surface area contributed by atoms with Gasteiger partial charge >= 0.3 is 0 Å². The van der Waals surface area contributed by atoms with Gasteiger partial charge in [0.05, 0.1) is 17.7 Å². The summed E-state index contributed by atoms with van der Waals surface area (Å²) in [5.41, 5.74) is 0.268. The summed E-state index contributed by atoms with van der Waals surface area (Å²) in [4.78, 5) is 14.1. The van der Waals surface area contributed by atoms with Crippen molar-refractivity contribution in [3.63, 3.8) is 0 Å². The van der Waals surface area contributed by atoms with Crippen LogP contribution in [0, 0.1) is 0 Å². The zero-order chi connectivity index (χ0) is 20.9. The van der Waals surface area contributed by atoms with E-state index in [0.29, 0.717) is 18.0 Å². The second-order valence-corrected chi connectivity index (χ2v) is 9.97. The Labute approximate surface area is 174 Å². The molecule has 0 bridgehead atoms. The second-order valence-electron chi connectivity index (χ2n) is 8.20. The van der Waals surface area contributed by atoms with Gasteiger partial charge in [-0.25, -0.2) is 13.1 Å². The number of sulfonamides is 1. The van der Waals surface area contributed by atoms with Crippen molar-refractivity contribution in [1.29, 1.82) is 0 Å². The van der Waals surface area contributed by atoms with Gasteiger partial charge in [-0.15, -0.1) is 0 Å². The first-order chi connectivity index (χ1) is 13.9. The summed E-state index contributed by atoms with van der Waals surface area (Å²) in [5.74, 6) is 0.147. The van der Waals surface area contributed by atoms with E-state index in [1.54, 1.807) is 6.07 Å². The maximum absolute atomic E-state index is 13.1. The molecule has 2 fully saturated rings. The molecule has 1 aromatic rings. The molecule has 2 N–H and O–H groups in total. The standard InChI is InChI=1S/C21H33N3O4S/c1-17(25)23-19-15-18(9-10-20(19)28-2)29(26,27)22-16-21(11-5-3-6-12-21)24-13-7-4-8-14-24/h9-10,15,22H,3-8,11-14,16H2,1-2H3,(H,23,25). The summed E-state index contributed by atoms with van der Waals surface area (Å²) >= 11 is 0. The van der Waals surface area contributed by atoms with Crippen molar-refractivity contribution in [1.82, 2.24) is 9.62 Å². The minimum atomic E-state index is -3.70. The third kappa shape index (κ3) is 5.29. The van der Waals surface area contributed by atoms with Crippen molar-refractivity contribution in [3.05, 3.63) is 18.2 Å². The zero-order valence-corrected chi connectivity index (χ0v) is 18.3. The summed E-state index contributed by atoms with van der Waals surface area (Å²) < 4.78 is 34.2. The molecular formula is C21H33N3O4S. The van der Waals surface area contributed by atoms with Crippen LogP contribution >= 0.6 is 0 Å².